The highest BCUT2D eigenvalue weighted by atomic mass is 16.4. The van der Waals surface area contributed by atoms with Crippen LogP contribution in [0.15, 0.2) is 56.3 Å². The molecule has 6 heteroatoms. The summed E-state index contributed by atoms with van der Waals surface area (Å²) >= 11 is 0. The molecule has 1 aromatic carbocycles. The van der Waals surface area contributed by atoms with Gasteiger partial charge in [0, 0.05) is 13.0 Å². The molecule has 120 valence electrons. The summed E-state index contributed by atoms with van der Waals surface area (Å²) in [7, 11) is 0. The van der Waals surface area contributed by atoms with Crippen molar-refractivity contribution in [2.75, 3.05) is 0 Å². The summed E-state index contributed by atoms with van der Waals surface area (Å²) in [5, 5.41) is 2.87. The Morgan fingerprint density at radius 3 is 2.87 bits per heavy atom. The van der Waals surface area contributed by atoms with E-state index in [0.29, 0.717) is 25.0 Å². The van der Waals surface area contributed by atoms with Gasteiger partial charge in [0.25, 0.3) is 0 Å². The summed E-state index contributed by atoms with van der Waals surface area (Å²) < 4.78 is 12.0. The molecule has 6 nitrogen and oxygen atoms in total. The molecular weight excluding hydrogens is 296 g/mol. The van der Waals surface area contributed by atoms with Crippen LogP contribution in [0.1, 0.15) is 31.6 Å². The number of aromatic nitrogens is 1. The van der Waals surface area contributed by atoms with Gasteiger partial charge >= 0.3 is 5.76 Å². The minimum absolute atomic E-state index is 0.0743. The standard InChI is InChI=1S/C17H18N2O4/c1-12(14-8-5-11-22-14)18-16(20)9-4-10-19-13-6-2-3-7-15(13)23-17(19)21/h2-3,5-8,11-12H,4,9-10H2,1H3,(H,18,20). The van der Waals surface area contributed by atoms with Crippen molar-refractivity contribution >= 4 is 17.0 Å². The molecule has 0 saturated heterocycles. The number of hydrogen-bond donors (Lipinski definition) is 1. The smallest absolute Gasteiger partial charge is 0.419 e. The fourth-order valence-corrected chi connectivity index (χ4v) is 2.55. The van der Waals surface area contributed by atoms with Gasteiger partial charge in [0.1, 0.15) is 5.76 Å². The minimum Gasteiger partial charge on any atom is -0.467 e. The van der Waals surface area contributed by atoms with Crippen LogP contribution in [0.3, 0.4) is 0 Å². The van der Waals surface area contributed by atoms with Crippen LogP contribution >= 0.6 is 0 Å². The summed E-state index contributed by atoms with van der Waals surface area (Å²) in [6.07, 6.45) is 2.46. The zero-order chi connectivity index (χ0) is 16.2. The number of oxazole rings is 1. The number of benzene rings is 1. The van der Waals surface area contributed by atoms with E-state index in [1.165, 1.54) is 0 Å². The number of carbonyl (C=O) groups is 1. The molecule has 1 atom stereocenters. The van der Waals surface area contributed by atoms with Gasteiger partial charge in [0.05, 0.1) is 17.8 Å². The number of fused-ring (bicyclic) bond motifs is 1. The normalized spacial score (nSPS) is 12.4. The summed E-state index contributed by atoms with van der Waals surface area (Å²) in [6.45, 7) is 2.31. The second-order valence-electron chi connectivity index (χ2n) is 5.40. The molecule has 2 heterocycles. The third-order valence-corrected chi connectivity index (χ3v) is 3.71. The maximum absolute atomic E-state index is 12.0. The maximum atomic E-state index is 12.0. The van der Waals surface area contributed by atoms with E-state index in [-0.39, 0.29) is 11.9 Å². The van der Waals surface area contributed by atoms with Gasteiger partial charge in [-0.1, -0.05) is 12.1 Å². The molecular formula is C17H18N2O4. The van der Waals surface area contributed by atoms with Crippen molar-refractivity contribution in [2.24, 2.45) is 0 Å². The van der Waals surface area contributed by atoms with E-state index in [1.807, 2.05) is 31.2 Å². The summed E-state index contributed by atoms with van der Waals surface area (Å²) in [4.78, 5) is 23.8. The molecule has 1 N–H and O–H groups in total. The van der Waals surface area contributed by atoms with E-state index in [2.05, 4.69) is 5.32 Å². The average Bonchev–Trinajstić information content (AvgIpc) is 3.16. The molecule has 1 amide bonds. The second kappa shape index (κ2) is 6.56. The second-order valence-corrected chi connectivity index (χ2v) is 5.40. The first kappa shape index (κ1) is 15.1. The van der Waals surface area contributed by atoms with Crippen molar-refractivity contribution in [1.82, 2.24) is 9.88 Å². The van der Waals surface area contributed by atoms with Crippen molar-refractivity contribution in [3.8, 4) is 0 Å². The number of nitrogens with zero attached hydrogens (tertiary/aromatic N) is 1. The fraction of sp³-hybridized carbons (Fsp3) is 0.294. The highest BCUT2D eigenvalue weighted by Crippen LogP contribution is 2.14. The Morgan fingerprint density at radius 2 is 2.09 bits per heavy atom. The van der Waals surface area contributed by atoms with Gasteiger partial charge in [-0.25, -0.2) is 4.79 Å². The van der Waals surface area contributed by atoms with E-state index in [9.17, 15) is 9.59 Å². The van der Waals surface area contributed by atoms with Crippen molar-refractivity contribution in [3.63, 3.8) is 0 Å². The van der Waals surface area contributed by atoms with Gasteiger partial charge in [-0.3, -0.25) is 9.36 Å². The molecule has 3 rings (SSSR count). The molecule has 2 aromatic heterocycles. The van der Waals surface area contributed by atoms with Gasteiger partial charge in [-0.05, 0) is 37.6 Å². The van der Waals surface area contributed by atoms with Crippen LogP contribution in [-0.4, -0.2) is 10.5 Å². The van der Waals surface area contributed by atoms with Crippen LogP contribution in [0.25, 0.3) is 11.1 Å². The SMILES string of the molecule is CC(NC(=O)CCCn1c(=O)oc2ccccc21)c1ccco1. The number of para-hydroxylation sites is 2. The molecule has 0 spiro atoms. The molecule has 0 aliphatic carbocycles. The highest BCUT2D eigenvalue weighted by molar-refractivity contribution is 5.76. The van der Waals surface area contributed by atoms with Crippen LogP contribution < -0.4 is 11.1 Å². The van der Waals surface area contributed by atoms with E-state index in [4.69, 9.17) is 8.83 Å². The lowest BCUT2D eigenvalue weighted by Gasteiger charge is -2.11. The van der Waals surface area contributed by atoms with Crippen molar-refractivity contribution in [2.45, 2.75) is 32.4 Å². The predicted octanol–water partition coefficient (Wildman–Crippen LogP) is 2.85. The van der Waals surface area contributed by atoms with E-state index in [0.717, 1.165) is 11.3 Å². The van der Waals surface area contributed by atoms with Crippen molar-refractivity contribution in [1.29, 1.82) is 0 Å². The number of hydrogen-bond acceptors (Lipinski definition) is 4. The molecule has 0 aliphatic heterocycles. The summed E-state index contributed by atoms with van der Waals surface area (Å²) in [6, 6.07) is 10.7. The number of aryl methyl sites for hydroxylation is 1. The predicted molar refractivity (Wildman–Crippen MR) is 85.0 cm³/mol. The lowest BCUT2D eigenvalue weighted by molar-refractivity contribution is -0.122. The van der Waals surface area contributed by atoms with Gasteiger partial charge in [0.15, 0.2) is 5.58 Å². The molecule has 0 bridgehead atoms. The number of amides is 1. The summed E-state index contributed by atoms with van der Waals surface area (Å²) in [5.74, 6) is 0.251. The lowest BCUT2D eigenvalue weighted by Crippen LogP contribution is -2.26. The molecule has 1 unspecified atom stereocenters. The molecule has 23 heavy (non-hydrogen) atoms. The molecule has 0 fully saturated rings. The topological polar surface area (TPSA) is 77.4 Å². The molecule has 0 aliphatic rings. The lowest BCUT2D eigenvalue weighted by atomic mass is 10.2. The largest absolute Gasteiger partial charge is 0.467 e. The molecule has 0 radical (unpaired) electrons. The number of rotatable bonds is 6. The Balaban J connectivity index is 1.55. The summed E-state index contributed by atoms with van der Waals surface area (Å²) in [5.41, 5.74) is 1.32. The zero-order valence-electron chi connectivity index (χ0n) is 12.8. The number of nitrogens with one attached hydrogen (secondary N) is 1. The van der Waals surface area contributed by atoms with Gasteiger partial charge in [-0.15, -0.1) is 0 Å². The third kappa shape index (κ3) is 3.36. The van der Waals surface area contributed by atoms with Crippen LogP contribution in [0.5, 0.6) is 0 Å². The van der Waals surface area contributed by atoms with Gasteiger partial charge < -0.3 is 14.2 Å². The third-order valence-electron chi connectivity index (χ3n) is 3.71. The van der Waals surface area contributed by atoms with Crippen LogP contribution in [-0.2, 0) is 11.3 Å². The fourth-order valence-electron chi connectivity index (χ4n) is 2.55. The quantitative estimate of drug-likeness (QED) is 0.759. The highest BCUT2D eigenvalue weighted by Gasteiger charge is 2.12. The van der Waals surface area contributed by atoms with E-state index >= 15 is 0 Å². The first-order valence-corrected chi connectivity index (χ1v) is 7.56. The first-order valence-electron chi connectivity index (χ1n) is 7.56. The number of furan rings is 1. The maximum Gasteiger partial charge on any atom is 0.419 e. The van der Waals surface area contributed by atoms with E-state index < -0.39 is 5.76 Å². The molecule has 0 saturated carbocycles. The van der Waals surface area contributed by atoms with Gasteiger partial charge in [-0.2, -0.15) is 0 Å². The number of carbonyl (C=O) groups excluding carboxylic acids is 1. The average molecular weight is 314 g/mol. The Morgan fingerprint density at radius 1 is 1.26 bits per heavy atom. The Bertz CT molecular complexity index is 845. The zero-order valence-corrected chi connectivity index (χ0v) is 12.8. The van der Waals surface area contributed by atoms with E-state index in [1.54, 1.807) is 23.0 Å². The Labute approximate surface area is 132 Å². The van der Waals surface area contributed by atoms with Gasteiger partial charge in [0.2, 0.25) is 5.91 Å². The minimum atomic E-state index is -0.393. The van der Waals surface area contributed by atoms with Crippen LogP contribution in [0.2, 0.25) is 0 Å². The Kier molecular flexibility index (Phi) is 4.32. The monoisotopic (exact) mass is 314 g/mol. The van der Waals surface area contributed by atoms with Crippen LogP contribution in [0.4, 0.5) is 0 Å². The first-order chi connectivity index (χ1) is 11.1. The van der Waals surface area contributed by atoms with Crippen LogP contribution in [0, 0.1) is 0 Å². The Hall–Kier alpha value is -2.76. The molecule has 3 aromatic rings. The van der Waals surface area contributed by atoms with Crippen molar-refractivity contribution in [3.05, 3.63) is 59.0 Å². The van der Waals surface area contributed by atoms with Crippen molar-refractivity contribution < 1.29 is 13.6 Å².